The van der Waals surface area contributed by atoms with E-state index in [-0.39, 0.29) is 12.5 Å². The molecule has 4 aliphatic rings. The van der Waals surface area contributed by atoms with Crippen LogP contribution < -0.4 is 0 Å². The molecule has 44 heavy (non-hydrogen) atoms. The fraction of sp³-hybridized carbons (Fsp3) is 0.265. The van der Waals surface area contributed by atoms with Crippen LogP contribution in [0.15, 0.2) is 86.7 Å². The van der Waals surface area contributed by atoms with E-state index in [0.29, 0.717) is 43.9 Å². The Kier molecular flexibility index (Phi) is 6.56. The minimum atomic E-state index is -0.441. The first-order valence-corrected chi connectivity index (χ1v) is 15.6. The van der Waals surface area contributed by atoms with E-state index in [2.05, 4.69) is 34.5 Å². The van der Waals surface area contributed by atoms with Crippen molar-refractivity contribution >= 4 is 51.7 Å². The number of fused-ring (bicyclic) bond motifs is 2. The average Bonchev–Trinajstić information content (AvgIpc) is 3.92. The van der Waals surface area contributed by atoms with Crippen LogP contribution in [0.4, 0.5) is 0 Å². The van der Waals surface area contributed by atoms with Crippen LogP contribution in [0.25, 0.3) is 22.2 Å². The summed E-state index contributed by atoms with van der Waals surface area (Å²) in [5.41, 5.74) is 7.81. The SMILES string of the molecule is COC(=O)c1nn(C)c2cc(C3CC3C3=CC4=CC4=C(OCc4c(-c5c(Cl)cccc5Cl)noc4C4CC4)C=C3Cl)ccc12. The van der Waals surface area contributed by atoms with Crippen molar-refractivity contribution in [3.05, 3.63) is 115 Å². The summed E-state index contributed by atoms with van der Waals surface area (Å²) in [7, 11) is 3.20. The number of hydrogen-bond acceptors (Lipinski definition) is 6. The molecule has 2 aromatic heterocycles. The van der Waals surface area contributed by atoms with Gasteiger partial charge in [-0.05, 0) is 84.2 Å². The number of hydrogen-bond donors (Lipinski definition) is 0. The van der Waals surface area contributed by atoms with Crippen LogP contribution in [0.1, 0.15) is 58.5 Å². The number of rotatable bonds is 8. The highest BCUT2D eigenvalue weighted by Gasteiger charge is 2.43. The van der Waals surface area contributed by atoms with Crippen molar-refractivity contribution in [3.63, 3.8) is 0 Å². The van der Waals surface area contributed by atoms with Crippen molar-refractivity contribution in [2.75, 3.05) is 7.11 Å². The van der Waals surface area contributed by atoms with E-state index in [1.165, 1.54) is 12.7 Å². The number of carbonyl (C=O) groups is 1. The van der Waals surface area contributed by atoms with Crippen molar-refractivity contribution in [3.8, 4) is 11.3 Å². The van der Waals surface area contributed by atoms with Crippen LogP contribution >= 0.6 is 34.8 Å². The van der Waals surface area contributed by atoms with Crippen molar-refractivity contribution in [2.45, 2.75) is 37.7 Å². The summed E-state index contributed by atoms with van der Waals surface area (Å²) in [4.78, 5) is 12.2. The second-order valence-corrected chi connectivity index (χ2v) is 12.9. The predicted octanol–water partition coefficient (Wildman–Crippen LogP) is 8.78. The van der Waals surface area contributed by atoms with Gasteiger partial charge in [-0.25, -0.2) is 4.79 Å². The molecule has 0 spiro atoms. The number of ether oxygens (including phenoxy) is 2. The lowest BCUT2D eigenvalue weighted by Crippen LogP contribution is -2.03. The zero-order chi connectivity index (χ0) is 30.3. The van der Waals surface area contributed by atoms with E-state index in [9.17, 15) is 4.79 Å². The Balaban J connectivity index is 1.03. The fourth-order valence-corrected chi connectivity index (χ4v) is 7.10. The van der Waals surface area contributed by atoms with Gasteiger partial charge in [-0.15, -0.1) is 0 Å². The van der Waals surface area contributed by atoms with Crippen LogP contribution in [0.2, 0.25) is 10.0 Å². The molecular formula is C34H26Cl3N3O4. The lowest BCUT2D eigenvalue weighted by atomic mass is 10.0. The summed E-state index contributed by atoms with van der Waals surface area (Å²) in [5.74, 6) is 2.03. The maximum absolute atomic E-state index is 12.2. The third-order valence-electron chi connectivity index (χ3n) is 8.85. The fourth-order valence-electron chi connectivity index (χ4n) is 6.23. The number of halogens is 3. The Morgan fingerprint density at radius 3 is 2.61 bits per heavy atom. The summed E-state index contributed by atoms with van der Waals surface area (Å²) in [6.07, 6.45) is 9.31. The van der Waals surface area contributed by atoms with Gasteiger partial charge in [-0.1, -0.05) is 58.2 Å². The van der Waals surface area contributed by atoms with Crippen LogP contribution in [0, 0.1) is 5.92 Å². The van der Waals surface area contributed by atoms with Gasteiger partial charge in [0, 0.05) is 34.5 Å². The van der Waals surface area contributed by atoms with E-state index >= 15 is 0 Å². The normalized spacial score (nSPS) is 20.5. The first-order valence-electron chi connectivity index (χ1n) is 14.5. The number of benzene rings is 2. The molecule has 7 nitrogen and oxygen atoms in total. The molecule has 2 heterocycles. The van der Waals surface area contributed by atoms with Gasteiger partial charge in [-0.2, -0.15) is 5.10 Å². The molecule has 0 radical (unpaired) electrons. The minimum absolute atomic E-state index is 0.256. The number of carbonyl (C=O) groups excluding carboxylic acids is 1. The predicted molar refractivity (Wildman–Crippen MR) is 169 cm³/mol. The molecule has 0 N–H and O–H groups in total. The van der Waals surface area contributed by atoms with Gasteiger partial charge in [0.15, 0.2) is 5.69 Å². The van der Waals surface area contributed by atoms with Gasteiger partial charge in [-0.3, -0.25) is 4.68 Å². The molecule has 0 saturated heterocycles. The summed E-state index contributed by atoms with van der Waals surface area (Å²) in [5, 5.41) is 11.2. The first kappa shape index (κ1) is 27.7. The largest absolute Gasteiger partial charge is 0.488 e. The number of aryl methyl sites for hydroxylation is 1. The summed E-state index contributed by atoms with van der Waals surface area (Å²) in [6, 6.07) is 11.5. The van der Waals surface area contributed by atoms with Crippen molar-refractivity contribution < 1.29 is 18.8 Å². The molecule has 2 atom stereocenters. The highest BCUT2D eigenvalue weighted by Crippen LogP contribution is 2.56. The lowest BCUT2D eigenvalue weighted by Gasteiger charge is -2.11. The monoisotopic (exact) mass is 645 g/mol. The molecule has 0 aliphatic heterocycles. The Morgan fingerprint density at radius 2 is 1.86 bits per heavy atom. The van der Waals surface area contributed by atoms with E-state index in [4.69, 9.17) is 48.8 Å². The van der Waals surface area contributed by atoms with Crippen LogP contribution in [0.3, 0.4) is 0 Å². The van der Waals surface area contributed by atoms with Crippen LogP contribution in [-0.4, -0.2) is 28.0 Å². The van der Waals surface area contributed by atoms with E-state index in [1.54, 1.807) is 16.8 Å². The molecule has 4 aromatic rings. The van der Waals surface area contributed by atoms with Gasteiger partial charge in [0.1, 0.15) is 23.8 Å². The molecule has 0 bridgehead atoms. The van der Waals surface area contributed by atoms with Gasteiger partial charge in [0.25, 0.3) is 0 Å². The van der Waals surface area contributed by atoms with Gasteiger partial charge in [0.2, 0.25) is 0 Å². The first-order chi connectivity index (χ1) is 21.3. The molecule has 8 rings (SSSR count). The van der Waals surface area contributed by atoms with Crippen molar-refractivity contribution in [1.29, 1.82) is 0 Å². The maximum atomic E-state index is 12.2. The highest BCUT2D eigenvalue weighted by molar-refractivity contribution is 6.39. The molecule has 2 aromatic carbocycles. The van der Waals surface area contributed by atoms with E-state index in [0.717, 1.165) is 64.0 Å². The molecule has 4 aliphatic carbocycles. The Morgan fingerprint density at radius 1 is 1.07 bits per heavy atom. The number of nitrogens with zero attached hydrogens (tertiary/aromatic N) is 3. The minimum Gasteiger partial charge on any atom is -0.488 e. The molecular weight excluding hydrogens is 621 g/mol. The third-order valence-corrected chi connectivity index (χ3v) is 9.81. The Labute approximate surface area is 268 Å². The number of esters is 1. The molecule has 2 saturated carbocycles. The standard InChI is InChI=1S/C34H26Cl3N3O4/c1-40-28-12-17(8-9-19(28)32(38-40)34(41)42-2)20-13-22(20)23-11-18-10-21(18)29(14-27(23)37)43-15-24-31(39-44-33(24)16-6-7-16)30-25(35)4-3-5-26(30)36/h3-5,8-12,14,16,20,22H,6-7,13,15H2,1-2H3. The third kappa shape index (κ3) is 4.69. The summed E-state index contributed by atoms with van der Waals surface area (Å²) >= 11 is 20.1. The second-order valence-electron chi connectivity index (χ2n) is 11.7. The zero-order valence-corrected chi connectivity index (χ0v) is 26.1. The van der Waals surface area contributed by atoms with Gasteiger partial charge in [0.05, 0.1) is 28.2 Å². The van der Waals surface area contributed by atoms with Crippen molar-refractivity contribution in [1.82, 2.24) is 14.9 Å². The van der Waals surface area contributed by atoms with Gasteiger partial charge >= 0.3 is 5.97 Å². The van der Waals surface area contributed by atoms with E-state index in [1.807, 2.05) is 25.3 Å². The summed E-state index contributed by atoms with van der Waals surface area (Å²) < 4.78 is 18.9. The average molecular weight is 647 g/mol. The van der Waals surface area contributed by atoms with Gasteiger partial charge < -0.3 is 14.0 Å². The second kappa shape index (κ2) is 10.4. The van der Waals surface area contributed by atoms with E-state index < -0.39 is 5.97 Å². The zero-order valence-electron chi connectivity index (χ0n) is 23.9. The molecule has 2 fully saturated rings. The molecule has 0 amide bonds. The van der Waals surface area contributed by atoms with Crippen LogP contribution in [-0.2, 0) is 23.1 Å². The maximum Gasteiger partial charge on any atom is 0.359 e. The summed E-state index contributed by atoms with van der Waals surface area (Å²) in [6.45, 7) is 0.256. The van der Waals surface area contributed by atoms with Crippen molar-refractivity contribution in [2.24, 2.45) is 13.0 Å². The number of methoxy groups -OCH3 is 1. The lowest BCUT2D eigenvalue weighted by molar-refractivity contribution is 0.0595. The number of aromatic nitrogens is 3. The Bertz CT molecular complexity index is 2010. The molecule has 10 heteroatoms. The highest BCUT2D eigenvalue weighted by atomic mass is 35.5. The topological polar surface area (TPSA) is 79.4 Å². The quantitative estimate of drug-likeness (QED) is 0.178. The molecule has 222 valence electrons. The molecule has 2 unspecified atom stereocenters. The van der Waals surface area contributed by atoms with Crippen LogP contribution in [0.5, 0.6) is 0 Å². The Hall–Kier alpha value is -3.78. The smallest absolute Gasteiger partial charge is 0.359 e. The number of allylic oxidation sites excluding steroid dienone is 7.